The van der Waals surface area contributed by atoms with Gasteiger partial charge in [-0.05, 0) is 24.3 Å². The summed E-state index contributed by atoms with van der Waals surface area (Å²) in [5.41, 5.74) is 7.32. The summed E-state index contributed by atoms with van der Waals surface area (Å²) < 4.78 is 6.42. The molecule has 2 aromatic rings. The van der Waals surface area contributed by atoms with E-state index in [2.05, 4.69) is 15.9 Å². The van der Waals surface area contributed by atoms with E-state index in [1.165, 1.54) is 0 Å². The molecule has 0 saturated carbocycles. The van der Waals surface area contributed by atoms with Gasteiger partial charge in [-0.3, -0.25) is 0 Å². The molecule has 0 fully saturated rings. The highest BCUT2D eigenvalue weighted by atomic mass is 79.9. The van der Waals surface area contributed by atoms with Crippen LogP contribution in [0.25, 0.3) is 0 Å². The van der Waals surface area contributed by atoms with Gasteiger partial charge in [-0.1, -0.05) is 34.1 Å². The lowest BCUT2D eigenvalue weighted by atomic mass is 10.2. The van der Waals surface area contributed by atoms with E-state index in [0.29, 0.717) is 18.0 Å². The van der Waals surface area contributed by atoms with E-state index in [-0.39, 0.29) is 5.75 Å². The van der Waals surface area contributed by atoms with Crippen LogP contribution in [0, 0.1) is 0 Å². The lowest BCUT2D eigenvalue weighted by molar-refractivity contribution is 0.288. The molecule has 0 spiro atoms. The van der Waals surface area contributed by atoms with Gasteiger partial charge in [-0.15, -0.1) is 0 Å². The van der Waals surface area contributed by atoms with Crippen LogP contribution in [-0.2, 0) is 6.61 Å². The molecule has 88 valence electrons. The summed E-state index contributed by atoms with van der Waals surface area (Å²) in [6.07, 6.45) is 0. The van der Waals surface area contributed by atoms with Crippen molar-refractivity contribution >= 4 is 21.6 Å². The molecule has 2 aromatic carbocycles. The van der Waals surface area contributed by atoms with Gasteiger partial charge >= 0.3 is 0 Å². The van der Waals surface area contributed by atoms with Gasteiger partial charge in [0, 0.05) is 15.7 Å². The molecule has 0 amide bonds. The molecule has 0 atom stereocenters. The first-order valence-electron chi connectivity index (χ1n) is 5.11. The summed E-state index contributed by atoms with van der Waals surface area (Å²) >= 11 is 3.42. The SMILES string of the molecule is Nc1ccc(COc2ccccc2O)c(Br)c1. The number of benzene rings is 2. The fourth-order valence-corrected chi connectivity index (χ4v) is 1.93. The van der Waals surface area contributed by atoms with Crippen molar-refractivity contribution in [3.05, 3.63) is 52.5 Å². The van der Waals surface area contributed by atoms with Gasteiger partial charge in [0.05, 0.1) is 0 Å². The number of halogens is 1. The van der Waals surface area contributed by atoms with Crippen LogP contribution in [0.5, 0.6) is 11.5 Å². The first kappa shape index (κ1) is 11.8. The highest BCUT2D eigenvalue weighted by molar-refractivity contribution is 9.10. The number of para-hydroxylation sites is 2. The summed E-state index contributed by atoms with van der Waals surface area (Å²) in [6, 6.07) is 12.4. The second-order valence-corrected chi connectivity index (χ2v) is 4.46. The molecule has 0 aliphatic heterocycles. The number of nitrogen functional groups attached to an aromatic ring is 1. The molecular formula is C13H12BrNO2. The van der Waals surface area contributed by atoms with Crippen LogP contribution in [0.2, 0.25) is 0 Å². The number of phenolic OH excluding ortho intramolecular Hbond substituents is 1. The average Bonchev–Trinajstić information content (AvgIpc) is 2.30. The van der Waals surface area contributed by atoms with Crippen molar-refractivity contribution in [2.75, 3.05) is 5.73 Å². The molecule has 2 rings (SSSR count). The summed E-state index contributed by atoms with van der Waals surface area (Å²) in [5, 5.41) is 9.55. The van der Waals surface area contributed by atoms with Crippen LogP contribution in [0.1, 0.15) is 5.56 Å². The summed E-state index contributed by atoms with van der Waals surface area (Å²) in [4.78, 5) is 0. The minimum Gasteiger partial charge on any atom is -0.504 e. The fraction of sp³-hybridized carbons (Fsp3) is 0.0769. The molecule has 0 bridgehead atoms. The van der Waals surface area contributed by atoms with Crippen molar-refractivity contribution < 1.29 is 9.84 Å². The predicted molar refractivity (Wildman–Crippen MR) is 71.0 cm³/mol. The van der Waals surface area contributed by atoms with Crippen LogP contribution >= 0.6 is 15.9 Å². The molecule has 0 aliphatic carbocycles. The van der Waals surface area contributed by atoms with Crippen molar-refractivity contribution in [1.82, 2.24) is 0 Å². The average molecular weight is 294 g/mol. The van der Waals surface area contributed by atoms with Crippen molar-refractivity contribution in [3.63, 3.8) is 0 Å². The predicted octanol–water partition coefficient (Wildman–Crippen LogP) is 3.32. The Labute approximate surface area is 108 Å². The third kappa shape index (κ3) is 2.91. The van der Waals surface area contributed by atoms with Gasteiger partial charge in [-0.2, -0.15) is 0 Å². The van der Waals surface area contributed by atoms with Gasteiger partial charge in [0.1, 0.15) is 6.61 Å². The Morgan fingerprint density at radius 3 is 2.65 bits per heavy atom. The first-order chi connectivity index (χ1) is 8.16. The van der Waals surface area contributed by atoms with E-state index in [1.807, 2.05) is 24.3 Å². The minimum absolute atomic E-state index is 0.138. The zero-order valence-electron chi connectivity index (χ0n) is 9.06. The van der Waals surface area contributed by atoms with Crippen molar-refractivity contribution in [3.8, 4) is 11.5 Å². The van der Waals surface area contributed by atoms with Crippen molar-refractivity contribution in [1.29, 1.82) is 0 Å². The monoisotopic (exact) mass is 293 g/mol. The van der Waals surface area contributed by atoms with Crippen LogP contribution in [-0.4, -0.2) is 5.11 Å². The maximum absolute atomic E-state index is 9.55. The number of phenols is 1. The van der Waals surface area contributed by atoms with Gasteiger partial charge in [0.25, 0.3) is 0 Å². The van der Waals surface area contributed by atoms with Crippen molar-refractivity contribution in [2.24, 2.45) is 0 Å². The Balaban J connectivity index is 2.10. The number of nitrogens with two attached hydrogens (primary N) is 1. The Morgan fingerprint density at radius 1 is 1.18 bits per heavy atom. The smallest absolute Gasteiger partial charge is 0.161 e. The topological polar surface area (TPSA) is 55.5 Å². The zero-order valence-corrected chi connectivity index (χ0v) is 10.6. The number of ether oxygens (including phenoxy) is 1. The Bertz CT molecular complexity index is 529. The van der Waals surface area contributed by atoms with E-state index in [1.54, 1.807) is 18.2 Å². The van der Waals surface area contributed by atoms with Crippen molar-refractivity contribution in [2.45, 2.75) is 6.61 Å². The molecule has 0 unspecified atom stereocenters. The molecule has 17 heavy (non-hydrogen) atoms. The third-order valence-corrected chi connectivity index (χ3v) is 3.06. The number of hydrogen-bond donors (Lipinski definition) is 2. The molecular weight excluding hydrogens is 282 g/mol. The van der Waals surface area contributed by atoms with Crippen LogP contribution in [0.15, 0.2) is 46.9 Å². The number of anilines is 1. The highest BCUT2D eigenvalue weighted by Gasteiger charge is 2.04. The van der Waals surface area contributed by atoms with E-state index >= 15 is 0 Å². The summed E-state index contributed by atoms with van der Waals surface area (Å²) in [5.74, 6) is 0.607. The summed E-state index contributed by atoms with van der Waals surface area (Å²) in [6.45, 7) is 0.373. The molecule has 0 saturated heterocycles. The molecule has 4 heteroatoms. The normalized spacial score (nSPS) is 10.2. The standard InChI is InChI=1S/C13H12BrNO2/c14-11-7-10(15)6-5-9(11)8-17-13-4-2-1-3-12(13)16/h1-7,16H,8,15H2. The minimum atomic E-state index is 0.138. The number of aromatic hydroxyl groups is 1. The van der Waals surface area contributed by atoms with E-state index in [0.717, 1.165) is 10.0 Å². The second-order valence-electron chi connectivity index (χ2n) is 3.61. The largest absolute Gasteiger partial charge is 0.504 e. The quantitative estimate of drug-likeness (QED) is 0.854. The lowest BCUT2D eigenvalue weighted by Gasteiger charge is -2.09. The van der Waals surface area contributed by atoms with E-state index in [4.69, 9.17) is 10.5 Å². The Morgan fingerprint density at radius 2 is 1.94 bits per heavy atom. The molecule has 0 heterocycles. The lowest BCUT2D eigenvalue weighted by Crippen LogP contribution is -1.97. The zero-order chi connectivity index (χ0) is 12.3. The van der Waals surface area contributed by atoms with Gasteiger partial charge in [0.2, 0.25) is 0 Å². The number of hydrogen-bond acceptors (Lipinski definition) is 3. The maximum atomic E-state index is 9.55. The second kappa shape index (κ2) is 5.10. The van der Waals surface area contributed by atoms with Crippen LogP contribution in [0.4, 0.5) is 5.69 Å². The Hall–Kier alpha value is -1.68. The van der Waals surface area contributed by atoms with Crippen LogP contribution in [0.3, 0.4) is 0 Å². The van der Waals surface area contributed by atoms with Crippen LogP contribution < -0.4 is 10.5 Å². The van der Waals surface area contributed by atoms with E-state index in [9.17, 15) is 5.11 Å². The fourth-order valence-electron chi connectivity index (χ4n) is 1.42. The van der Waals surface area contributed by atoms with Gasteiger partial charge in [-0.25, -0.2) is 0 Å². The molecule has 3 nitrogen and oxygen atoms in total. The number of rotatable bonds is 3. The molecule has 0 aliphatic rings. The summed E-state index contributed by atoms with van der Waals surface area (Å²) in [7, 11) is 0. The Kier molecular flexibility index (Phi) is 3.54. The molecule has 0 aromatic heterocycles. The molecule has 3 N–H and O–H groups in total. The maximum Gasteiger partial charge on any atom is 0.161 e. The van der Waals surface area contributed by atoms with Gasteiger partial charge < -0.3 is 15.6 Å². The van der Waals surface area contributed by atoms with Gasteiger partial charge in [0.15, 0.2) is 11.5 Å². The molecule has 0 radical (unpaired) electrons. The van der Waals surface area contributed by atoms with E-state index < -0.39 is 0 Å². The first-order valence-corrected chi connectivity index (χ1v) is 5.91. The highest BCUT2D eigenvalue weighted by Crippen LogP contribution is 2.27. The third-order valence-electron chi connectivity index (χ3n) is 2.33.